The van der Waals surface area contributed by atoms with Gasteiger partial charge in [0.05, 0.1) is 6.61 Å². The van der Waals surface area contributed by atoms with Gasteiger partial charge in [0.2, 0.25) is 10.1 Å². The van der Waals surface area contributed by atoms with E-state index >= 15 is 0 Å². The summed E-state index contributed by atoms with van der Waals surface area (Å²) in [6.07, 6.45) is 0. The number of rotatable bonds is 6. The number of ether oxygens (including phenoxy) is 1. The van der Waals surface area contributed by atoms with Crippen LogP contribution in [0.2, 0.25) is 0 Å². The Kier molecular flexibility index (Phi) is 7.15. The second kappa shape index (κ2) is 10.1. The molecule has 0 aliphatic carbocycles. The molecule has 2 N–H and O–H groups in total. The molecule has 3 aromatic rings. The van der Waals surface area contributed by atoms with Gasteiger partial charge in [0.15, 0.2) is 5.82 Å². The summed E-state index contributed by atoms with van der Waals surface area (Å²) in [6, 6.07) is 7.97. The first-order valence-electron chi connectivity index (χ1n) is 11.8. The lowest BCUT2D eigenvalue weighted by atomic mass is 10.0. The maximum absolute atomic E-state index is 12.4. The van der Waals surface area contributed by atoms with E-state index in [2.05, 4.69) is 55.4 Å². The predicted octanol–water partition coefficient (Wildman–Crippen LogP) is 3.37. The van der Waals surface area contributed by atoms with E-state index < -0.39 is 5.97 Å². The molecule has 11 heteroatoms. The van der Waals surface area contributed by atoms with Crippen LogP contribution in [0.3, 0.4) is 0 Å². The van der Waals surface area contributed by atoms with Crippen LogP contribution < -0.4 is 15.5 Å². The van der Waals surface area contributed by atoms with Gasteiger partial charge >= 0.3 is 12.0 Å². The maximum Gasteiger partial charge on any atom is 0.325 e. The molecule has 1 fully saturated rings. The first kappa shape index (κ1) is 24.8. The Morgan fingerprint density at radius 1 is 1.14 bits per heavy atom. The summed E-state index contributed by atoms with van der Waals surface area (Å²) in [7, 11) is 0. The Labute approximate surface area is 209 Å². The van der Waals surface area contributed by atoms with E-state index in [1.807, 2.05) is 16.6 Å². The second-order valence-corrected chi connectivity index (χ2v) is 10.5. The minimum atomic E-state index is -0.435. The molecule has 3 heterocycles. The third-order valence-electron chi connectivity index (χ3n) is 5.61. The van der Waals surface area contributed by atoms with E-state index in [0.717, 1.165) is 32.7 Å². The lowest BCUT2D eigenvalue weighted by Crippen LogP contribution is -2.52. The van der Waals surface area contributed by atoms with Gasteiger partial charge in [-0.2, -0.15) is 4.52 Å². The van der Waals surface area contributed by atoms with Crippen LogP contribution in [0.5, 0.6) is 0 Å². The minimum absolute atomic E-state index is 0.122. The van der Waals surface area contributed by atoms with Crippen LogP contribution >= 0.6 is 11.3 Å². The van der Waals surface area contributed by atoms with Gasteiger partial charge in [-0.05, 0) is 40.2 Å². The lowest BCUT2D eigenvalue weighted by molar-refractivity contribution is -0.141. The topological polar surface area (TPSA) is 104 Å². The molecule has 0 unspecified atom stereocenters. The molecule has 2 aromatic heterocycles. The fourth-order valence-corrected chi connectivity index (χ4v) is 4.89. The molecule has 2 amide bonds. The monoisotopic (exact) mass is 499 g/mol. The Hall–Kier alpha value is -3.34. The molecular formula is C24H33N7O3S. The van der Waals surface area contributed by atoms with Crippen LogP contribution in [0, 0.1) is 6.92 Å². The summed E-state index contributed by atoms with van der Waals surface area (Å²) in [6.45, 7) is 12.7. The number of hydrogen-bond donors (Lipinski definition) is 2. The smallest absolute Gasteiger partial charge is 0.325 e. The van der Waals surface area contributed by atoms with E-state index in [1.165, 1.54) is 0 Å². The largest absolute Gasteiger partial charge is 0.465 e. The van der Waals surface area contributed by atoms with Crippen LogP contribution in [0.15, 0.2) is 24.3 Å². The van der Waals surface area contributed by atoms with E-state index in [1.54, 1.807) is 23.2 Å². The van der Waals surface area contributed by atoms with Gasteiger partial charge in [-0.15, -0.1) is 5.10 Å². The zero-order valence-electron chi connectivity index (χ0n) is 20.9. The van der Waals surface area contributed by atoms with Crippen LogP contribution in [0.4, 0.5) is 15.7 Å². The fourth-order valence-electron chi connectivity index (χ4n) is 3.93. The molecule has 10 nitrogen and oxygen atoms in total. The van der Waals surface area contributed by atoms with Crippen LogP contribution in [0.1, 0.15) is 33.3 Å². The van der Waals surface area contributed by atoms with E-state index in [-0.39, 0.29) is 18.1 Å². The molecule has 1 saturated heterocycles. The highest BCUT2D eigenvalue weighted by molar-refractivity contribution is 7.20. The summed E-state index contributed by atoms with van der Waals surface area (Å²) < 4.78 is 6.75. The second-order valence-electron chi connectivity index (χ2n) is 9.52. The number of benzene rings is 1. The average molecular weight is 500 g/mol. The van der Waals surface area contributed by atoms with Crippen LogP contribution in [0.25, 0.3) is 16.2 Å². The van der Waals surface area contributed by atoms with Crippen molar-refractivity contribution in [2.45, 2.75) is 40.2 Å². The number of imidazole rings is 1. The van der Waals surface area contributed by atoms with Gasteiger partial charge < -0.3 is 25.2 Å². The van der Waals surface area contributed by atoms with Crippen molar-refractivity contribution in [3.8, 4) is 11.3 Å². The van der Waals surface area contributed by atoms with E-state index in [9.17, 15) is 9.59 Å². The van der Waals surface area contributed by atoms with Crippen molar-refractivity contribution in [2.24, 2.45) is 0 Å². The third-order valence-corrected chi connectivity index (χ3v) is 6.58. The highest BCUT2D eigenvalue weighted by Gasteiger charge is 2.27. The number of carbonyl (C=O) groups is 2. The van der Waals surface area contributed by atoms with Gasteiger partial charge in [0.25, 0.3) is 0 Å². The zero-order valence-corrected chi connectivity index (χ0v) is 21.7. The number of urea groups is 1. The van der Waals surface area contributed by atoms with Crippen molar-refractivity contribution in [1.29, 1.82) is 0 Å². The number of nitrogens with zero attached hydrogens (tertiary/aromatic N) is 5. The molecule has 0 bridgehead atoms. The molecule has 188 valence electrons. The van der Waals surface area contributed by atoms with Crippen molar-refractivity contribution in [3.63, 3.8) is 0 Å². The number of fused-ring (bicyclic) bond motifs is 1. The number of anilines is 2. The minimum Gasteiger partial charge on any atom is -0.465 e. The summed E-state index contributed by atoms with van der Waals surface area (Å²) in [5.41, 5.74) is 2.97. The molecule has 1 aromatic carbocycles. The fraction of sp³-hybridized carbons (Fsp3) is 0.500. The van der Waals surface area contributed by atoms with Crippen molar-refractivity contribution in [2.75, 3.05) is 49.5 Å². The van der Waals surface area contributed by atoms with Crippen molar-refractivity contribution in [3.05, 3.63) is 29.8 Å². The molecule has 0 saturated carbocycles. The Morgan fingerprint density at radius 2 is 1.86 bits per heavy atom. The number of esters is 1. The number of nitrogens with one attached hydrogen (secondary N) is 2. The predicted molar refractivity (Wildman–Crippen MR) is 138 cm³/mol. The van der Waals surface area contributed by atoms with Gasteiger partial charge in [-0.25, -0.2) is 9.78 Å². The molecule has 0 spiro atoms. The first-order chi connectivity index (χ1) is 16.7. The lowest BCUT2D eigenvalue weighted by Gasteiger charge is -2.34. The normalized spacial score (nSPS) is 14.3. The number of aryl methyl sites for hydroxylation is 1. The highest BCUT2D eigenvalue weighted by Crippen LogP contribution is 2.36. The molecule has 1 aliphatic rings. The molecule has 1 aliphatic heterocycles. The third kappa shape index (κ3) is 5.67. The zero-order chi connectivity index (χ0) is 25.2. The summed E-state index contributed by atoms with van der Waals surface area (Å²) in [4.78, 5) is 33.5. The number of amides is 2. The van der Waals surface area contributed by atoms with Crippen molar-refractivity contribution < 1.29 is 14.3 Å². The van der Waals surface area contributed by atoms with Gasteiger partial charge in [-0.1, -0.05) is 35.6 Å². The maximum atomic E-state index is 12.4. The Bertz CT molecular complexity index is 1210. The van der Waals surface area contributed by atoms with E-state index in [4.69, 9.17) is 14.8 Å². The average Bonchev–Trinajstić information content (AvgIpc) is 3.36. The standard InChI is InChI=1S/C24H33N7O3S/c1-6-34-18(32)15-25-21(33)29-11-13-30(14-12-29)23-28-31-20(27-24(3,4)5)19(26-22(31)35-23)17-10-8-7-9-16(17)2/h7-10,27H,6,11-15H2,1-5H3,(H,25,33). The first-order valence-corrected chi connectivity index (χ1v) is 12.6. The summed E-state index contributed by atoms with van der Waals surface area (Å²) >= 11 is 1.54. The SMILES string of the molecule is CCOC(=O)CNC(=O)N1CCN(c2nn3c(NC(C)(C)C)c(-c4ccccc4C)nc3s2)CC1. The highest BCUT2D eigenvalue weighted by atomic mass is 32.1. The molecule has 0 atom stereocenters. The van der Waals surface area contributed by atoms with E-state index in [0.29, 0.717) is 32.8 Å². The molecule has 35 heavy (non-hydrogen) atoms. The molecule has 4 rings (SSSR count). The van der Waals surface area contributed by atoms with Gasteiger partial charge in [0, 0.05) is 37.3 Å². The number of hydrogen-bond acceptors (Lipinski definition) is 8. The Morgan fingerprint density at radius 3 is 2.51 bits per heavy atom. The van der Waals surface area contributed by atoms with Crippen molar-refractivity contribution >= 4 is 39.2 Å². The van der Waals surface area contributed by atoms with Gasteiger partial charge in [-0.3, -0.25) is 4.79 Å². The van der Waals surface area contributed by atoms with Crippen molar-refractivity contribution in [1.82, 2.24) is 24.8 Å². The Balaban J connectivity index is 1.50. The number of piperazine rings is 1. The molecule has 0 radical (unpaired) electrons. The quantitative estimate of drug-likeness (QED) is 0.501. The van der Waals surface area contributed by atoms with Crippen LogP contribution in [-0.4, -0.2) is 76.4 Å². The molecular weight excluding hydrogens is 466 g/mol. The number of aromatic nitrogens is 3. The van der Waals surface area contributed by atoms with Crippen LogP contribution in [-0.2, 0) is 9.53 Å². The summed E-state index contributed by atoms with van der Waals surface area (Å²) in [5, 5.41) is 12.0. The summed E-state index contributed by atoms with van der Waals surface area (Å²) in [5.74, 6) is 0.441. The van der Waals surface area contributed by atoms with Gasteiger partial charge in [0.1, 0.15) is 12.2 Å². The number of carbonyl (C=O) groups excluding carboxylic acids is 2.